The molecule has 1 saturated heterocycles. The zero-order valence-corrected chi connectivity index (χ0v) is 15.6. The van der Waals surface area contributed by atoms with E-state index in [1.54, 1.807) is 11.3 Å². The number of aromatic nitrogens is 1. The molecule has 132 valence electrons. The lowest BCUT2D eigenvalue weighted by atomic mass is 9.97. The number of nitrogens with zero attached hydrogens (tertiary/aromatic N) is 2. The number of carbonyl (C=O) groups excluding carboxylic acids is 2. The minimum absolute atomic E-state index is 0.149. The summed E-state index contributed by atoms with van der Waals surface area (Å²) in [5.41, 5.74) is 0.950. The molecule has 2 aromatic rings. The number of hydrogen-bond donors (Lipinski definition) is 1. The molecule has 0 radical (unpaired) electrons. The summed E-state index contributed by atoms with van der Waals surface area (Å²) in [5.74, 6) is 0.972. The van der Waals surface area contributed by atoms with E-state index in [1.807, 2.05) is 27.8 Å². The predicted molar refractivity (Wildman–Crippen MR) is 98.9 cm³/mol. The van der Waals surface area contributed by atoms with Gasteiger partial charge in [0.1, 0.15) is 0 Å². The van der Waals surface area contributed by atoms with E-state index in [9.17, 15) is 9.59 Å². The summed E-state index contributed by atoms with van der Waals surface area (Å²) < 4.78 is 0. The number of thiophene rings is 1. The third-order valence-corrected chi connectivity index (χ3v) is 6.74. The molecule has 5 nitrogen and oxygen atoms in total. The van der Waals surface area contributed by atoms with Crippen LogP contribution in [0.4, 0.5) is 0 Å². The van der Waals surface area contributed by atoms with Gasteiger partial charge in [-0.3, -0.25) is 9.59 Å². The molecule has 1 aliphatic carbocycles. The van der Waals surface area contributed by atoms with E-state index in [1.165, 1.54) is 11.3 Å². The summed E-state index contributed by atoms with van der Waals surface area (Å²) in [4.78, 5) is 31.6. The largest absolute Gasteiger partial charge is 0.350 e. The minimum atomic E-state index is 0.149. The van der Waals surface area contributed by atoms with Gasteiger partial charge in [-0.25, -0.2) is 4.98 Å². The van der Waals surface area contributed by atoms with Crippen molar-refractivity contribution in [3.05, 3.63) is 38.5 Å². The fourth-order valence-corrected chi connectivity index (χ4v) is 4.83. The standard InChI is InChI=1S/C18H21N3O2S2/c22-16(12-3-4-12)19-10-14-11-25-17(20-14)13-5-7-21(8-6-13)18(23)15-2-1-9-24-15/h1-2,9,11-13H,3-8,10H2,(H,19,22). The van der Waals surface area contributed by atoms with Crippen molar-refractivity contribution < 1.29 is 9.59 Å². The molecule has 0 atom stereocenters. The molecule has 1 saturated carbocycles. The maximum Gasteiger partial charge on any atom is 0.263 e. The summed E-state index contributed by atoms with van der Waals surface area (Å²) in [6, 6.07) is 3.81. The van der Waals surface area contributed by atoms with Crippen LogP contribution in [-0.2, 0) is 11.3 Å². The van der Waals surface area contributed by atoms with Gasteiger partial charge >= 0.3 is 0 Å². The van der Waals surface area contributed by atoms with Crippen LogP contribution in [0.1, 0.15) is 52.0 Å². The Balaban J connectivity index is 1.29. The second-order valence-electron chi connectivity index (χ2n) is 6.71. The zero-order chi connectivity index (χ0) is 17.2. The number of rotatable bonds is 5. The second-order valence-corrected chi connectivity index (χ2v) is 8.55. The Bertz CT molecular complexity index is 744. The van der Waals surface area contributed by atoms with Crippen LogP contribution >= 0.6 is 22.7 Å². The van der Waals surface area contributed by atoms with E-state index in [4.69, 9.17) is 4.98 Å². The molecule has 2 aliphatic rings. The number of nitrogens with one attached hydrogen (secondary N) is 1. The second kappa shape index (κ2) is 7.25. The fourth-order valence-electron chi connectivity index (χ4n) is 3.14. The molecule has 2 fully saturated rings. The van der Waals surface area contributed by atoms with Crippen molar-refractivity contribution in [3.63, 3.8) is 0 Å². The Hall–Kier alpha value is -1.73. The number of thiazole rings is 1. The normalized spacial score (nSPS) is 18.3. The van der Waals surface area contributed by atoms with Crippen molar-refractivity contribution in [1.29, 1.82) is 0 Å². The van der Waals surface area contributed by atoms with Gasteiger partial charge in [0.25, 0.3) is 5.91 Å². The van der Waals surface area contributed by atoms with Gasteiger partial charge < -0.3 is 10.2 Å². The molecule has 4 rings (SSSR count). The summed E-state index contributed by atoms with van der Waals surface area (Å²) in [6.45, 7) is 2.10. The lowest BCUT2D eigenvalue weighted by Gasteiger charge is -2.30. The molecule has 1 aliphatic heterocycles. The van der Waals surface area contributed by atoms with Crippen LogP contribution in [0.25, 0.3) is 0 Å². The molecule has 25 heavy (non-hydrogen) atoms. The Kier molecular flexibility index (Phi) is 4.85. The summed E-state index contributed by atoms with van der Waals surface area (Å²) >= 11 is 3.18. The van der Waals surface area contributed by atoms with Crippen molar-refractivity contribution in [2.75, 3.05) is 13.1 Å². The summed E-state index contributed by atoms with van der Waals surface area (Å²) in [6.07, 6.45) is 3.96. The van der Waals surface area contributed by atoms with Crippen molar-refractivity contribution in [1.82, 2.24) is 15.2 Å². The average molecular weight is 376 g/mol. The topological polar surface area (TPSA) is 62.3 Å². The average Bonchev–Trinajstić information content (AvgIpc) is 3.16. The van der Waals surface area contributed by atoms with Crippen LogP contribution in [0, 0.1) is 5.92 Å². The molecular weight excluding hydrogens is 354 g/mol. The van der Waals surface area contributed by atoms with Crippen molar-refractivity contribution in [2.45, 2.75) is 38.1 Å². The van der Waals surface area contributed by atoms with Crippen LogP contribution in [0.5, 0.6) is 0 Å². The van der Waals surface area contributed by atoms with Gasteiger partial charge in [-0.15, -0.1) is 22.7 Å². The van der Waals surface area contributed by atoms with Gasteiger partial charge in [-0.05, 0) is 37.1 Å². The van der Waals surface area contributed by atoms with Gasteiger partial charge in [0, 0.05) is 30.3 Å². The van der Waals surface area contributed by atoms with Gasteiger partial charge in [-0.2, -0.15) is 0 Å². The fraction of sp³-hybridized carbons (Fsp3) is 0.500. The van der Waals surface area contributed by atoms with E-state index in [0.29, 0.717) is 12.5 Å². The first-order valence-corrected chi connectivity index (χ1v) is 10.5. The Morgan fingerprint density at radius 1 is 1.20 bits per heavy atom. The van der Waals surface area contributed by atoms with Crippen molar-refractivity contribution in [3.8, 4) is 0 Å². The molecule has 0 spiro atoms. The maximum absolute atomic E-state index is 12.4. The highest BCUT2D eigenvalue weighted by molar-refractivity contribution is 7.12. The molecule has 1 N–H and O–H groups in total. The Morgan fingerprint density at radius 2 is 2.00 bits per heavy atom. The number of amides is 2. The minimum Gasteiger partial charge on any atom is -0.350 e. The number of piperidine rings is 1. The monoisotopic (exact) mass is 375 g/mol. The molecule has 2 amide bonds. The van der Waals surface area contributed by atoms with Crippen LogP contribution in [0.3, 0.4) is 0 Å². The number of carbonyl (C=O) groups is 2. The first-order valence-electron chi connectivity index (χ1n) is 8.75. The van der Waals surface area contributed by atoms with Gasteiger partial charge in [-0.1, -0.05) is 6.07 Å². The molecule has 0 aromatic carbocycles. The lowest BCUT2D eigenvalue weighted by Crippen LogP contribution is -2.37. The number of likely N-dealkylation sites (tertiary alicyclic amines) is 1. The first kappa shape index (κ1) is 16.7. The SMILES string of the molecule is O=C(NCc1csc(C2CCN(C(=O)c3cccs3)CC2)n1)C1CC1. The molecule has 0 unspecified atom stereocenters. The van der Waals surface area contributed by atoms with Crippen LogP contribution in [0.2, 0.25) is 0 Å². The third kappa shape index (κ3) is 3.93. The van der Waals surface area contributed by atoms with Crippen LogP contribution in [0.15, 0.2) is 22.9 Å². The highest BCUT2D eigenvalue weighted by Crippen LogP contribution is 2.31. The first-order chi connectivity index (χ1) is 12.2. The highest BCUT2D eigenvalue weighted by Gasteiger charge is 2.30. The lowest BCUT2D eigenvalue weighted by molar-refractivity contribution is -0.122. The highest BCUT2D eigenvalue weighted by atomic mass is 32.1. The van der Waals surface area contributed by atoms with E-state index in [0.717, 1.165) is 54.4 Å². The van der Waals surface area contributed by atoms with Crippen molar-refractivity contribution in [2.24, 2.45) is 5.92 Å². The molecule has 7 heteroatoms. The smallest absolute Gasteiger partial charge is 0.263 e. The molecule has 3 heterocycles. The predicted octanol–water partition coefficient (Wildman–Crippen LogP) is 3.25. The van der Waals surface area contributed by atoms with Crippen molar-refractivity contribution >= 4 is 34.5 Å². The van der Waals surface area contributed by atoms with Gasteiger partial charge in [0.2, 0.25) is 5.91 Å². The Morgan fingerprint density at radius 3 is 2.68 bits per heavy atom. The van der Waals surface area contributed by atoms with Crippen LogP contribution < -0.4 is 5.32 Å². The van der Waals surface area contributed by atoms with Gasteiger partial charge in [0.05, 0.1) is 22.1 Å². The Labute approximate surface area is 155 Å². The van der Waals surface area contributed by atoms with Gasteiger partial charge in [0.15, 0.2) is 0 Å². The van der Waals surface area contributed by atoms with Crippen LogP contribution in [-0.4, -0.2) is 34.8 Å². The zero-order valence-electron chi connectivity index (χ0n) is 13.9. The third-order valence-electron chi connectivity index (χ3n) is 4.82. The van der Waals surface area contributed by atoms with E-state index >= 15 is 0 Å². The summed E-state index contributed by atoms with van der Waals surface area (Å²) in [7, 11) is 0. The molecule has 2 aromatic heterocycles. The summed E-state index contributed by atoms with van der Waals surface area (Å²) in [5, 5.41) is 8.10. The van der Waals surface area contributed by atoms with E-state index < -0.39 is 0 Å². The number of hydrogen-bond acceptors (Lipinski definition) is 5. The van der Waals surface area contributed by atoms with E-state index in [2.05, 4.69) is 5.32 Å². The molecule has 0 bridgehead atoms. The molecular formula is C18H21N3O2S2. The quantitative estimate of drug-likeness (QED) is 0.873. The van der Waals surface area contributed by atoms with E-state index in [-0.39, 0.29) is 17.7 Å². The maximum atomic E-state index is 12.4.